The number of carbonyl (C=O) groups excluding carboxylic acids is 1. The van der Waals surface area contributed by atoms with E-state index >= 15 is 0 Å². The minimum Gasteiger partial charge on any atom is -0.308 e. The third-order valence-corrected chi connectivity index (χ3v) is 6.20. The maximum Gasteiger partial charge on any atom is 0.231 e. The van der Waals surface area contributed by atoms with Crippen molar-refractivity contribution in [2.75, 3.05) is 32.1 Å². The van der Waals surface area contributed by atoms with E-state index in [4.69, 9.17) is 16.6 Å². The Morgan fingerprint density at radius 1 is 1.28 bits per heavy atom. The highest BCUT2D eigenvalue weighted by Crippen LogP contribution is 2.37. The molecular formula is C18H25Cl2N3OS. The first-order valence-electron chi connectivity index (χ1n) is 8.49. The summed E-state index contributed by atoms with van der Waals surface area (Å²) in [5.74, 6) is 0.373. The molecular weight excluding hydrogens is 377 g/mol. The maximum absolute atomic E-state index is 13.0. The Bertz CT molecular complexity index is 702. The van der Waals surface area contributed by atoms with E-state index in [-0.39, 0.29) is 24.2 Å². The van der Waals surface area contributed by atoms with Gasteiger partial charge in [0.25, 0.3) is 0 Å². The molecule has 2 aromatic rings. The predicted octanol–water partition coefficient (Wildman–Crippen LogP) is 4.76. The van der Waals surface area contributed by atoms with Gasteiger partial charge in [-0.2, -0.15) is 0 Å². The van der Waals surface area contributed by atoms with Crippen LogP contribution in [0.5, 0.6) is 0 Å². The molecule has 138 valence electrons. The van der Waals surface area contributed by atoms with Gasteiger partial charge in [-0.1, -0.05) is 41.8 Å². The van der Waals surface area contributed by atoms with E-state index in [9.17, 15) is 4.79 Å². The predicted molar refractivity (Wildman–Crippen MR) is 109 cm³/mol. The van der Waals surface area contributed by atoms with Crippen LogP contribution in [0.25, 0.3) is 10.2 Å². The topological polar surface area (TPSA) is 36.4 Å². The molecule has 1 aliphatic carbocycles. The van der Waals surface area contributed by atoms with Crippen LogP contribution in [0.2, 0.25) is 5.02 Å². The molecule has 0 unspecified atom stereocenters. The molecule has 0 N–H and O–H groups in total. The lowest BCUT2D eigenvalue weighted by atomic mass is 10.1. The van der Waals surface area contributed by atoms with Gasteiger partial charge in [-0.15, -0.1) is 12.4 Å². The van der Waals surface area contributed by atoms with Gasteiger partial charge in [0.05, 0.1) is 15.2 Å². The van der Waals surface area contributed by atoms with Crippen LogP contribution in [0.4, 0.5) is 5.13 Å². The van der Waals surface area contributed by atoms with Gasteiger partial charge >= 0.3 is 0 Å². The number of hydrogen-bond donors (Lipinski definition) is 0. The molecule has 4 nitrogen and oxygen atoms in total. The summed E-state index contributed by atoms with van der Waals surface area (Å²) in [6, 6.07) is 3.89. The SMILES string of the molecule is Cc1ccc(Cl)c2sc(N(CCN(C)C)C(=O)C3CCCC3)nc12.Cl. The lowest BCUT2D eigenvalue weighted by Gasteiger charge is -2.24. The quantitative estimate of drug-likeness (QED) is 0.723. The average molecular weight is 402 g/mol. The highest BCUT2D eigenvalue weighted by Gasteiger charge is 2.30. The first kappa shape index (κ1) is 20.4. The fourth-order valence-electron chi connectivity index (χ4n) is 3.20. The van der Waals surface area contributed by atoms with Crippen molar-refractivity contribution >= 4 is 56.6 Å². The summed E-state index contributed by atoms with van der Waals surface area (Å²) in [5, 5.41) is 1.49. The summed E-state index contributed by atoms with van der Waals surface area (Å²) < 4.78 is 0.973. The number of amides is 1. The van der Waals surface area contributed by atoms with Gasteiger partial charge in [0, 0.05) is 19.0 Å². The molecule has 1 aliphatic rings. The molecule has 0 aliphatic heterocycles. The number of thiazole rings is 1. The van der Waals surface area contributed by atoms with Crippen molar-refractivity contribution in [1.82, 2.24) is 9.88 Å². The van der Waals surface area contributed by atoms with Crippen molar-refractivity contribution in [2.24, 2.45) is 5.92 Å². The second kappa shape index (κ2) is 8.67. The van der Waals surface area contributed by atoms with Crippen molar-refractivity contribution in [3.63, 3.8) is 0 Å². The molecule has 0 bridgehead atoms. The molecule has 1 heterocycles. The Balaban J connectivity index is 0.00000225. The number of aromatic nitrogens is 1. The summed E-state index contributed by atoms with van der Waals surface area (Å²) in [6.45, 7) is 3.52. The smallest absolute Gasteiger partial charge is 0.231 e. The number of anilines is 1. The summed E-state index contributed by atoms with van der Waals surface area (Å²) in [5.41, 5.74) is 2.01. The van der Waals surface area contributed by atoms with Gasteiger partial charge in [-0.3, -0.25) is 9.69 Å². The van der Waals surface area contributed by atoms with Crippen LogP contribution < -0.4 is 4.90 Å². The lowest BCUT2D eigenvalue weighted by molar-refractivity contribution is -0.122. The standard InChI is InChI=1S/C18H24ClN3OS.ClH/c1-12-8-9-14(19)16-15(12)20-18(24-16)22(11-10-21(2)3)17(23)13-6-4-5-7-13;/h8-9,13H,4-7,10-11H2,1-3H3;1H. The van der Waals surface area contributed by atoms with Crippen LogP contribution in [0.15, 0.2) is 12.1 Å². The Morgan fingerprint density at radius 2 is 1.96 bits per heavy atom. The number of likely N-dealkylation sites (N-methyl/N-ethyl adjacent to an activating group) is 1. The summed E-state index contributed by atoms with van der Waals surface area (Å²) >= 11 is 7.87. The Hall–Kier alpha value is -0.880. The highest BCUT2D eigenvalue weighted by atomic mass is 35.5. The third kappa shape index (κ3) is 4.45. The maximum atomic E-state index is 13.0. The van der Waals surface area contributed by atoms with Crippen LogP contribution in [-0.4, -0.2) is 43.0 Å². The zero-order valence-electron chi connectivity index (χ0n) is 14.9. The van der Waals surface area contributed by atoms with Gasteiger partial charge in [-0.25, -0.2) is 4.98 Å². The number of halogens is 2. The number of nitrogens with zero attached hydrogens (tertiary/aromatic N) is 3. The normalized spacial score (nSPS) is 14.9. The fraction of sp³-hybridized carbons (Fsp3) is 0.556. The van der Waals surface area contributed by atoms with E-state index in [0.29, 0.717) is 11.6 Å². The van der Waals surface area contributed by atoms with Crippen molar-refractivity contribution < 1.29 is 4.79 Å². The molecule has 1 aromatic carbocycles. The lowest BCUT2D eigenvalue weighted by Crippen LogP contribution is -2.39. The van der Waals surface area contributed by atoms with Gasteiger partial charge in [0.2, 0.25) is 5.91 Å². The van der Waals surface area contributed by atoms with Gasteiger partial charge in [0.1, 0.15) is 0 Å². The van der Waals surface area contributed by atoms with E-state index < -0.39 is 0 Å². The molecule has 1 saturated carbocycles. The molecule has 0 saturated heterocycles. The van der Waals surface area contributed by atoms with Crippen molar-refractivity contribution in [2.45, 2.75) is 32.6 Å². The van der Waals surface area contributed by atoms with Crippen LogP contribution in [0, 0.1) is 12.8 Å². The second-order valence-electron chi connectivity index (χ2n) is 6.81. The monoisotopic (exact) mass is 401 g/mol. The van der Waals surface area contributed by atoms with E-state index in [1.807, 2.05) is 38.1 Å². The van der Waals surface area contributed by atoms with Gasteiger partial charge in [-0.05, 0) is 45.5 Å². The van der Waals surface area contributed by atoms with E-state index in [2.05, 4.69) is 4.90 Å². The third-order valence-electron chi connectivity index (χ3n) is 4.66. The van der Waals surface area contributed by atoms with Crippen LogP contribution in [0.1, 0.15) is 31.2 Å². The minimum atomic E-state index is 0. The van der Waals surface area contributed by atoms with E-state index in [1.165, 1.54) is 11.3 Å². The minimum absolute atomic E-state index is 0. The first-order chi connectivity index (χ1) is 11.5. The fourth-order valence-corrected chi connectivity index (χ4v) is 4.55. The second-order valence-corrected chi connectivity index (χ2v) is 8.20. The molecule has 0 spiro atoms. The first-order valence-corrected chi connectivity index (χ1v) is 9.68. The van der Waals surface area contributed by atoms with Gasteiger partial charge in [0.15, 0.2) is 5.13 Å². The average Bonchev–Trinajstić information content (AvgIpc) is 3.20. The Labute approximate surface area is 164 Å². The van der Waals surface area contributed by atoms with Crippen LogP contribution in [0.3, 0.4) is 0 Å². The number of aryl methyl sites for hydroxylation is 1. The zero-order valence-corrected chi connectivity index (χ0v) is 17.3. The Kier molecular flexibility index (Phi) is 7.09. The molecule has 0 atom stereocenters. The number of hydrogen-bond acceptors (Lipinski definition) is 4. The number of benzene rings is 1. The highest BCUT2D eigenvalue weighted by molar-refractivity contribution is 7.23. The Morgan fingerprint density at radius 3 is 2.56 bits per heavy atom. The van der Waals surface area contributed by atoms with E-state index in [1.54, 1.807) is 0 Å². The zero-order chi connectivity index (χ0) is 17.3. The molecule has 3 rings (SSSR count). The number of carbonyl (C=O) groups is 1. The molecule has 1 fully saturated rings. The molecule has 1 aromatic heterocycles. The molecule has 25 heavy (non-hydrogen) atoms. The van der Waals surface area contributed by atoms with Gasteiger partial charge < -0.3 is 4.90 Å². The molecule has 1 amide bonds. The summed E-state index contributed by atoms with van der Waals surface area (Å²) in [7, 11) is 4.05. The van der Waals surface area contributed by atoms with Crippen LogP contribution >= 0.6 is 35.3 Å². The van der Waals surface area contributed by atoms with Crippen molar-refractivity contribution in [3.8, 4) is 0 Å². The largest absolute Gasteiger partial charge is 0.308 e. The van der Waals surface area contributed by atoms with Crippen molar-refractivity contribution in [1.29, 1.82) is 0 Å². The van der Waals surface area contributed by atoms with E-state index in [0.717, 1.165) is 53.1 Å². The number of rotatable bonds is 5. The summed E-state index contributed by atoms with van der Waals surface area (Å²) in [6.07, 6.45) is 4.31. The van der Waals surface area contributed by atoms with Crippen LogP contribution in [-0.2, 0) is 4.79 Å². The summed E-state index contributed by atoms with van der Waals surface area (Å²) in [4.78, 5) is 21.8. The number of fused-ring (bicyclic) bond motifs is 1. The molecule has 7 heteroatoms. The molecule has 0 radical (unpaired) electrons. The van der Waals surface area contributed by atoms with Crippen molar-refractivity contribution in [3.05, 3.63) is 22.7 Å².